The lowest BCUT2D eigenvalue weighted by atomic mass is 10.2. The van der Waals surface area contributed by atoms with E-state index < -0.39 is 0 Å². The molecule has 3 rings (SSSR count). The van der Waals surface area contributed by atoms with Gasteiger partial charge in [-0.25, -0.2) is 4.68 Å². The summed E-state index contributed by atoms with van der Waals surface area (Å²) in [6.07, 6.45) is 1.62. The van der Waals surface area contributed by atoms with Gasteiger partial charge in [-0.05, 0) is 17.7 Å². The summed E-state index contributed by atoms with van der Waals surface area (Å²) in [6, 6.07) is 19.7. The highest BCUT2D eigenvalue weighted by Gasteiger charge is 2.06. The molecule has 19 heavy (non-hydrogen) atoms. The standard InChI is InChI=1S/C15H13N3O/c1-3-7-13(8-4-1)12-18-15(11-16-17-18)19-14-9-5-2-6-10-14/h1-11H,12H2. The van der Waals surface area contributed by atoms with Gasteiger partial charge in [0.05, 0.1) is 6.54 Å². The van der Waals surface area contributed by atoms with Crippen LogP contribution in [0.1, 0.15) is 5.56 Å². The molecule has 0 radical (unpaired) electrons. The maximum absolute atomic E-state index is 5.76. The lowest BCUT2D eigenvalue weighted by molar-refractivity contribution is 0.420. The van der Waals surface area contributed by atoms with Crippen molar-refractivity contribution in [3.05, 3.63) is 72.4 Å². The summed E-state index contributed by atoms with van der Waals surface area (Å²) in [5, 5.41) is 7.95. The van der Waals surface area contributed by atoms with E-state index in [4.69, 9.17) is 4.74 Å². The van der Waals surface area contributed by atoms with Crippen molar-refractivity contribution in [1.29, 1.82) is 0 Å². The predicted octanol–water partition coefficient (Wildman–Crippen LogP) is 3.12. The van der Waals surface area contributed by atoms with E-state index in [9.17, 15) is 0 Å². The minimum Gasteiger partial charge on any atom is -0.438 e. The quantitative estimate of drug-likeness (QED) is 0.715. The molecule has 0 amide bonds. The van der Waals surface area contributed by atoms with Crippen LogP contribution in [0.3, 0.4) is 0 Å². The van der Waals surface area contributed by atoms with Crippen LogP contribution in [0.2, 0.25) is 0 Å². The molecule has 0 bridgehead atoms. The molecule has 0 aliphatic carbocycles. The molecular weight excluding hydrogens is 238 g/mol. The summed E-state index contributed by atoms with van der Waals surface area (Å²) in [5.74, 6) is 1.41. The molecule has 0 saturated heterocycles. The van der Waals surface area contributed by atoms with Gasteiger partial charge in [0.15, 0.2) is 0 Å². The Bertz CT molecular complexity index is 579. The van der Waals surface area contributed by atoms with Crippen molar-refractivity contribution >= 4 is 0 Å². The molecule has 4 nitrogen and oxygen atoms in total. The lowest BCUT2D eigenvalue weighted by Gasteiger charge is -2.07. The van der Waals surface area contributed by atoms with Crippen molar-refractivity contribution in [3.8, 4) is 11.6 Å². The van der Waals surface area contributed by atoms with Crippen LogP contribution in [0, 0.1) is 0 Å². The molecule has 0 aliphatic rings. The van der Waals surface area contributed by atoms with E-state index in [1.165, 1.54) is 0 Å². The average molecular weight is 251 g/mol. The smallest absolute Gasteiger partial charge is 0.238 e. The minimum absolute atomic E-state index is 0.634. The number of rotatable bonds is 4. The zero-order valence-electron chi connectivity index (χ0n) is 10.3. The second-order valence-corrected chi connectivity index (χ2v) is 4.13. The fourth-order valence-electron chi connectivity index (χ4n) is 1.80. The van der Waals surface area contributed by atoms with Gasteiger partial charge in [-0.15, -0.1) is 5.10 Å². The van der Waals surface area contributed by atoms with Crippen molar-refractivity contribution in [2.45, 2.75) is 6.54 Å². The number of hydrogen-bond acceptors (Lipinski definition) is 3. The summed E-state index contributed by atoms with van der Waals surface area (Å²) in [7, 11) is 0. The van der Waals surface area contributed by atoms with Crippen molar-refractivity contribution < 1.29 is 4.74 Å². The van der Waals surface area contributed by atoms with E-state index in [1.54, 1.807) is 10.9 Å². The Morgan fingerprint density at radius 1 is 0.895 bits per heavy atom. The number of nitrogens with zero attached hydrogens (tertiary/aromatic N) is 3. The molecule has 1 heterocycles. The Labute approximate surface area is 111 Å². The number of para-hydroxylation sites is 1. The van der Waals surface area contributed by atoms with Gasteiger partial charge >= 0.3 is 0 Å². The molecule has 94 valence electrons. The van der Waals surface area contributed by atoms with Crippen molar-refractivity contribution in [2.24, 2.45) is 0 Å². The van der Waals surface area contributed by atoms with Gasteiger partial charge < -0.3 is 4.74 Å². The van der Waals surface area contributed by atoms with Gasteiger partial charge in [-0.3, -0.25) is 0 Å². The summed E-state index contributed by atoms with van der Waals surface area (Å²) in [4.78, 5) is 0. The van der Waals surface area contributed by atoms with Gasteiger partial charge in [0.25, 0.3) is 0 Å². The third-order valence-corrected chi connectivity index (χ3v) is 2.72. The molecule has 0 N–H and O–H groups in total. The van der Waals surface area contributed by atoms with E-state index >= 15 is 0 Å². The zero-order chi connectivity index (χ0) is 12.9. The van der Waals surface area contributed by atoms with Crippen molar-refractivity contribution in [1.82, 2.24) is 15.0 Å². The molecule has 0 saturated carbocycles. The third kappa shape index (κ3) is 2.80. The van der Waals surface area contributed by atoms with Crippen LogP contribution in [0.15, 0.2) is 66.9 Å². The second-order valence-electron chi connectivity index (χ2n) is 4.13. The molecule has 4 heteroatoms. The molecule has 0 fully saturated rings. The second kappa shape index (κ2) is 5.35. The van der Waals surface area contributed by atoms with Crippen LogP contribution in [-0.4, -0.2) is 15.0 Å². The van der Waals surface area contributed by atoms with Crippen LogP contribution in [-0.2, 0) is 6.54 Å². The van der Waals surface area contributed by atoms with Crippen LogP contribution >= 0.6 is 0 Å². The van der Waals surface area contributed by atoms with E-state index in [0.717, 1.165) is 11.3 Å². The Hall–Kier alpha value is -2.62. The number of aromatic nitrogens is 3. The van der Waals surface area contributed by atoms with Gasteiger partial charge in [-0.1, -0.05) is 53.7 Å². The van der Waals surface area contributed by atoms with Crippen molar-refractivity contribution in [2.75, 3.05) is 0 Å². The maximum Gasteiger partial charge on any atom is 0.238 e. The number of hydrogen-bond donors (Lipinski definition) is 0. The van der Waals surface area contributed by atoms with Crippen LogP contribution in [0.5, 0.6) is 11.6 Å². The predicted molar refractivity (Wildman–Crippen MR) is 72.1 cm³/mol. The highest BCUT2D eigenvalue weighted by Crippen LogP contribution is 2.20. The highest BCUT2D eigenvalue weighted by atomic mass is 16.5. The summed E-state index contributed by atoms with van der Waals surface area (Å²) in [5.41, 5.74) is 1.16. The first kappa shape index (κ1) is 11.5. The molecule has 0 atom stereocenters. The normalized spacial score (nSPS) is 10.3. The fraction of sp³-hybridized carbons (Fsp3) is 0.0667. The lowest BCUT2D eigenvalue weighted by Crippen LogP contribution is -2.03. The first-order chi connectivity index (χ1) is 9.42. The van der Waals surface area contributed by atoms with Gasteiger partial charge in [-0.2, -0.15) is 0 Å². The third-order valence-electron chi connectivity index (χ3n) is 2.72. The minimum atomic E-state index is 0.634. The average Bonchev–Trinajstić information content (AvgIpc) is 2.88. The summed E-state index contributed by atoms with van der Waals surface area (Å²) in [6.45, 7) is 0.642. The fourth-order valence-corrected chi connectivity index (χ4v) is 1.80. The Morgan fingerprint density at radius 2 is 1.58 bits per heavy atom. The molecule has 3 aromatic rings. The summed E-state index contributed by atoms with van der Waals surface area (Å²) < 4.78 is 7.50. The molecule has 0 spiro atoms. The van der Waals surface area contributed by atoms with E-state index in [2.05, 4.69) is 10.3 Å². The van der Waals surface area contributed by atoms with Gasteiger partial charge in [0, 0.05) is 0 Å². The Morgan fingerprint density at radius 3 is 2.32 bits per heavy atom. The first-order valence-electron chi connectivity index (χ1n) is 6.07. The first-order valence-corrected chi connectivity index (χ1v) is 6.07. The number of ether oxygens (including phenoxy) is 1. The molecule has 1 aromatic heterocycles. The maximum atomic E-state index is 5.76. The van der Waals surface area contributed by atoms with Gasteiger partial charge in [0.1, 0.15) is 11.9 Å². The van der Waals surface area contributed by atoms with Crippen LogP contribution in [0.25, 0.3) is 0 Å². The van der Waals surface area contributed by atoms with Gasteiger partial charge in [0.2, 0.25) is 5.88 Å². The van der Waals surface area contributed by atoms with Crippen LogP contribution < -0.4 is 4.74 Å². The topological polar surface area (TPSA) is 39.9 Å². The SMILES string of the molecule is c1ccc(Cn2nncc2Oc2ccccc2)cc1. The van der Waals surface area contributed by atoms with Crippen molar-refractivity contribution in [3.63, 3.8) is 0 Å². The molecular formula is C15H13N3O. The van der Waals surface area contributed by atoms with E-state index in [1.807, 2.05) is 60.7 Å². The highest BCUT2D eigenvalue weighted by molar-refractivity contribution is 5.26. The molecule has 0 aliphatic heterocycles. The van der Waals surface area contributed by atoms with E-state index in [-0.39, 0.29) is 0 Å². The zero-order valence-corrected chi connectivity index (χ0v) is 10.3. The largest absolute Gasteiger partial charge is 0.438 e. The summed E-state index contributed by atoms with van der Waals surface area (Å²) >= 11 is 0. The monoisotopic (exact) mass is 251 g/mol. The number of benzene rings is 2. The molecule has 0 unspecified atom stereocenters. The Kier molecular flexibility index (Phi) is 3.23. The van der Waals surface area contributed by atoms with Crippen LogP contribution in [0.4, 0.5) is 0 Å². The van der Waals surface area contributed by atoms with E-state index in [0.29, 0.717) is 12.4 Å². The Balaban J connectivity index is 1.79. The molecule has 2 aromatic carbocycles.